The predicted octanol–water partition coefficient (Wildman–Crippen LogP) is 3.22. The van der Waals surface area contributed by atoms with Crippen molar-refractivity contribution in [3.8, 4) is 0 Å². The lowest BCUT2D eigenvalue weighted by Gasteiger charge is -1.97. The molecule has 0 spiro atoms. The Kier molecular flexibility index (Phi) is 3.14. The third-order valence-corrected chi connectivity index (χ3v) is 3.03. The predicted molar refractivity (Wildman–Crippen MR) is 61.6 cm³/mol. The van der Waals surface area contributed by atoms with Gasteiger partial charge in [0.1, 0.15) is 5.69 Å². The molecule has 0 saturated carbocycles. The van der Waals surface area contributed by atoms with Gasteiger partial charge in [-0.1, -0.05) is 17.7 Å². The lowest BCUT2D eigenvalue weighted by atomic mass is 10.2. The number of aromatic nitrogens is 1. The van der Waals surface area contributed by atoms with E-state index in [1.54, 1.807) is 23.5 Å². The molecule has 2 aromatic heterocycles. The summed E-state index contributed by atoms with van der Waals surface area (Å²) in [5.41, 5.74) is 0.466. The van der Waals surface area contributed by atoms with E-state index in [4.69, 9.17) is 11.6 Å². The van der Waals surface area contributed by atoms with Crippen LogP contribution in [0.1, 0.15) is 15.4 Å². The monoisotopic (exact) mass is 237 g/mol. The van der Waals surface area contributed by atoms with Crippen molar-refractivity contribution in [3.63, 3.8) is 0 Å². The molecule has 0 unspecified atom stereocenters. The summed E-state index contributed by atoms with van der Waals surface area (Å²) in [5, 5.41) is 2.50. The Bertz CT molecular complexity index is 450. The molecule has 0 aliphatic carbocycles. The molecule has 0 aromatic carbocycles. The maximum absolute atomic E-state index is 11.7. The highest BCUT2D eigenvalue weighted by atomic mass is 35.5. The topological polar surface area (TPSA) is 30.0 Å². The molecular formula is C11H8ClNOS. The number of thiophene rings is 1. The van der Waals surface area contributed by atoms with Crippen LogP contribution in [0.3, 0.4) is 0 Å². The van der Waals surface area contributed by atoms with Gasteiger partial charge < -0.3 is 0 Å². The van der Waals surface area contributed by atoms with E-state index in [-0.39, 0.29) is 5.78 Å². The Hall–Kier alpha value is -1.19. The van der Waals surface area contributed by atoms with Gasteiger partial charge in [-0.25, -0.2) is 0 Å². The Morgan fingerprint density at radius 3 is 2.87 bits per heavy atom. The molecule has 76 valence electrons. The number of ketones is 1. The molecule has 2 heterocycles. The molecule has 0 N–H and O–H groups in total. The summed E-state index contributed by atoms with van der Waals surface area (Å²) >= 11 is 7.26. The number of Topliss-reactive ketones (excluding diaryl/α,β-unsaturated/α-hetero) is 1. The van der Waals surface area contributed by atoms with Gasteiger partial charge >= 0.3 is 0 Å². The molecule has 2 nitrogen and oxygen atoms in total. The van der Waals surface area contributed by atoms with E-state index in [9.17, 15) is 4.79 Å². The van der Waals surface area contributed by atoms with Crippen LogP contribution in [0.2, 0.25) is 5.02 Å². The van der Waals surface area contributed by atoms with E-state index >= 15 is 0 Å². The lowest BCUT2D eigenvalue weighted by molar-refractivity contribution is 0.0989. The normalized spacial score (nSPS) is 10.2. The Morgan fingerprint density at radius 1 is 1.40 bits per heavy atom. The number of carbonyl (C=O) groups excluding carboxylic acids is 1. The number of hydrogen-bond donors (Lipinski definition) is 0. The number of nitrogens with zero attached hydrogens (tertiary/aromatic N) is 1. The number of pyridine rings is 1. The van der Waals surface area contributed by atoms with Crippen molar-refractivity contribution >= 4 is 28.7 Å². The molecule has 0 atom stereocenters. The minimum absolute atomic E-state index is 0.0223. The molecule has 0 saturated heterocycles. The zero-order valence-corrected chi connectivity index (χ0v) is 9.39. The van der Waals surface area contributed by atoms with Crippen molar-refractivity contribution in [2.75, 3.05) is 0 Å². The second-order valence-corrected chi connectivity index (χ2v) is 4.51. The number of rotatable bonds is 3. The fourth-order valence-electron chi connectivity index (χ4n) is 1.20. The number of carbonyl (C=O) groups is 1. The lowest BCUT2D eigenvalue weighted by Crippen LogP contribution is -2.04. The summed E-state index contributed by atoms with van der Waals surface area (Å²) in [6, 6.07) is 7.20. The van der Waals surface area contributed by atoms with Crippen LogP contribution < -0.4 is 0 Å². The zero-order chi connectivity index (χ0) is 10.7. The fraction of sp³-hybridized carbons (Fsp3) is 0.0909. The molecule has 0 aliphatic rings. The van der Waals surface area contributed by atoms with E-state index in [1.165, 1.54) is 6.20 Å². The average Bonchev–Trinajstić information content (AvgIpc) is 2.71. The van der Waals surface area contributed by atoms with Crippen LogP contribution in [-0.4, -0.2) is 10.8 Å². The van der Waals surface area contributed by atoms with Crippen LogP contribution in [-0.2, 0) is 6.42 Å². The molecule has 0 bridgehead atoms. The minimum atomic E-state index is 0.0223. The van der Waals surface area contributed by atoms with Crippen LogP contribution in [0.15, 0.2) is 35.8 Å². The third-order valence-electron chi connectivity index (χ3n) is 1.93. The fourth-order valence-corrected chi connectivity index (χ4v) is 2.02. The molecule has 0 amide bonds. The van der Waals surface area contributed by atoms with Crippen molar-refractivity contribution in [3.05, 3.63) is 51.4 Å². The van der Waals surface area contributed by atoms with Gasteiger partial charge in [0.2, 0.25) is 0 Å². The van der Waals surface area contributed by atoms with Gasteiger partial charge in [0.05, 0.1) is 5.02 Å². The molecule has 2 rings (SSSR count). The summed E-state index contributed by atoms with van der Waals surface area (Å²) < 4.78 is 0. The van der Waals surface area contributed by atoms with Crippen LogP contribution in [0.4, 0.5) is 0 Å². The second-order valence-electron chi connectivity index (χ2n) is 3.04. The van der Waals surface area contributed by atoms with Crippen molar-refractivity contribution in [2.45, 2.75) is 6.42 Å². The summed E-state index contributed by atoms with van der Waals surface area (Å²) in [4.78, 5) is 16.8. The van der Waals surface area contributed by atoms with E-state index in [1.807, 2.05) is 17.5 Å². The van der Waals surface area contributed by atoms with E-state index < -0.39 is 0 Å². The quantitative estimate of drug-likeness (QED) is 0.768. The zero-order valence-electron chi connectivity index (χ0n) is 7.81. The summed E-state index contributed by atoms with van der Waals surface area (Å²) in [5.74, 6) is 0.0223. The summed E-state index contributed by atoms with van der Waals surface area (Å²) in [6.07, 6.45) is 1.90. The number of hydrogen-bond acceptors (Lipinski definition) is 3. The molecule has 0 fully saturated rings. The first-order valence-corrected chi connectivity index (χ1v) is 5.68. The molecule has 0 aliphatic heterocycles. The van der Waals surface area contributed by atoms with Crippen LogP contribution in [0.5, 0.6) is 0 Å². The summed E-state index contributed by atoms with van der Waals surface area (Å²) in [7, 11) is 0. The second kappa shape index (κ2) is 4.55. The SMILES string of the molecule is O=C(Cc1cccs1)c1ccc(Cl)cn1. The van der Waals surface area contributed by atoms with E-state index in [0.717, 1.165) is 4.88 Å². The smallest absolute Gasteiger partial charge is 0.186 e. The highest BCUT2D eigenvalue weighted by molar-refractivity contribution is 7.10. The van der Waals surface area contributed by atoms with Gasteiger partial charge in [-0.3, -0.25) is 9.78 Å². The highest BCUT2D eigenvalue weighted by Crippen LogP contribution is 2.13. The highest BCUT2D eigenvalue weighted by Gasteiger charge is 2.08. The number of halogens is 1. The Labute approximate surface area is 96.5 Å². The Balaban J connectivity index is 2.11. The Morgan fingerprint density at radius 2 is 2.27 bits per heavy atom. The van der Waals surface area contributed by atoms with Crippen molar-refractivity contribution < 1.29 is 4.79 Å². The van der Waals surface area contributed by atoms with Crippen molar-refractivity contribution in [2.24, 2.45) is 0 Å². The largest absolute Gasteiger partial charge is 0.292 e. The molecular weight excluding hydrogens is 230 g/mol. The van der Waals surface area contributed by atoms with Gasteiger partial charge in [0.15, 0.2) is 5.78 Å². The molecule has 15 heavy (non-hydrogen) atoms. The van der Waals surface area contributed by atoms with E-state index in [0.29, 0.717) is 17.1 Å². The average molecular weight is 238 g/mol. The van der Waals surface area contributed by atoms with Gasteiger partial charge in [-0.15, -0.1) is 11.3 Å². The summed E-state index contributed by atoms with van der Waals surface area (Å²) in [6.45, 7) is 0. The first-order valence-electron chi connectivity index (χ1n) is 4.43. The third kappa shape index (κ3) is 2.64. The molecule has 4 heteroatoms. The van der Waals surface area contributed by atoms with Crippen molar-refractivity contribution in [1.29, 1.82) is 0 Å². The molecule has 0 radical (unpaired) electrons. The van der Waals surface area contributed by atoms with E-state index in [2.05, 4.69) is 4.98 Å². The van der Waals surface area contributed by atoms with Gasteiger partial charge in [-0.2, -0.15) is 0 Å². The standard InChI is InChI=1S/C11H8ClNOS/c12-8-3-4-10(13-7-8)11(14)6-9-2-1-5-15-9/h1-5,7H,6H2. The van der Waals surface area contributed by atoms with Gasteiger partial charge in [-0.05, 0) is 23.6 Å². The van der Waals surface area contributed by atoms with Crippen LogP contribution >= 0.6 is 22.9 Å². The van der Waals surface area contributed by atoms with Gasteiger partial charge in [0.25, 0.3) is 0 Å². The maximum atomic E-state index is 11.7. The van der Waals surface area contributed by atoms with Crippen molar-refractivity contribution in [1.82, 2.24) is 4.98 Å². The minimum Gasteiger partial charge on any atom is -0.292 e. The first kappa shape index (κ1) is 10.3. The maximum Gasteiger partial charge on any atom is 0.186 e. The molecule has 2 aromatic rings. The van der Waals surface area contributed by atoms with Gasteiger partial charge in [0, 0.05) is 17.5 Å². The first-order chi connectivity index (χ1) is 7.25. The van der Waals surface area contributed by atoms with Crippen LogP contribution in [0, 0.1) is 0 Å². The van der Waals surface area contributed by atoms with Crippen LogP contribution in [0.25, 0.3) is 0 Å².